The number of anilines is 1. The van der Waals surface area contributed by atoms with Crippen LogP contribution in [0, 0.1) is 5.92 Å². The Morgan fingerprint density at radius 3 is 2.43 bits per heavy atom. The van der Waals surface area contributed by atoms with E-state index in [9.17, 15) is 9.59 Å². The summed E-state index contributed by atoms with van der Waals surface area (Å²) < 4.78 is 0. The average molecular weight is 428 g/mol. The van der Waals surface area contributed by atoms with Crippen LogP contribution < -0.4 is 16.0 Å². The lowest BCUT2D eigenvalue weighted by Gasteiger charge is -2.29. The third-order valence-corrected chi connectivity index (χ3v) is 6.10. The first-order valence-corrected chi connectivity index (χ1v) is 10.6. The minimum absolute atomic E-state index is 0. The van der Waals surface area contributed by atoms with Crippen LogP contribution in [-0.4, -0.2) is 23.9 Å². The predicted molar refractivity (Wildman–Crippen MR) is 122 cm³/mol. The van der Waals surface area contributed by atoms with Crippen LogP contribution >= 0.6 is 12.4 Å². The molecule has 0 spiro atoms. The van der Waals surface area contributed by atoms with Gasteiger partial charge >= 0.3 is 0 Å². The molecule has 2 saturated heterocycles. The van der Waals surface area contributed by atoms with Gasteiger partial charge in [0.2, 0.25) is 5.91 Å². The number of piperidine rings is 1. The lowest BCUT2D eigenvalue weighted by molar-refractivity contribution is -0.122. The lowest BCUT2D eigenvalue weighted by atomic mass is 9.89. The Morgan fingerprint density at radius 2 is 1.73 bits per heavy atom. The highest BCUT2D eigenvalue weighted by molar-refractivity contribution is 6.04. The number of benzene rings is 2. The molecule has 6 heteroatoms. The molecule has 2 aromatic carbocycles. The van der Waals surface area contributed by atoms with E-state index in [1.807, 2.05) is 49.4 Å². The van der Waals surface area contributed by atoms with E-state index in [2.05, 4.69) is 16.0 Å². The number of fused-ring (bicyclic) bond motifs is 2. The molecule has 2 aliphatic heterocycles. The Kier molecular flexibility index (Phi) is 7.51. The molecular formula is C24H30ClN3O2. The molecule has 4 rings (SSSR count). The highest BCUT2D eigenvalue weighted by Crippen LogP contribution is 2.32. The summed E-state index contributed by atoms with van der Waals surface area (Å²) in [6.45, 7) is 1.99. The van der Waals surface area contributed by atoms with Crippen LogP contribution in [0.1, 0.15) is 61.0 Å². The zero-order valence-corrected chi connectivity index (χ0v) is 18.1. The quantitative estimate of drug-likeness (QED) is 0.637. The molecule has 2 aliphatic rings. The van der Waals surface area contributed by atoms with Crippen molar-refractivity contribution in [2.45, 2.75) is 57.2 Å². The fraction of sp³-hybridized carbons (Fsp3) is 0.417. The number of carbonyl (C=O) groups is 2. The Balaban J connectivity index is 0.00000256. The molecule has 3 N–H and O–H groups in total. The standard InChI is InChI=1S/C24H29N3O2.ClH/c1-16(25-23(28)14-17-12-21-10-11-22(13-17)26-21)19-8-5-9-20(15-19)27-24(29)18-6-3-2-4-7-18;/h2-9,15-17,21-22,26H,10-14H2,1H3,(H,25,28)(H,27,29);1H. The van der Waals surface area contributed by atoms with E-state index in [0.717, 1.165) is 24.1 Å². The topological polar surface area (TPSA) is 70.2 Å². The van der Waals surface area contributed by atoms with Crippen LogP contribution in [0.5, 0.6) is 0 Å². The molecule has 5 nitrogen and oxygen atoms in total. The van der Waals surface area contributed by atoms with Gasteiger partial charge in [-0.25, -0.2) is 0 Å². The molecular weight excluding hydrogens is 398 g/mol. The van der Waals surface area contributed by atoms with Gasteiger partial charge in [0.1, 0.15) is 0 Å². The molecule has 2 aromatic rings. The molecule has 0 aromatic heterocycles. The van der Waals surface area contributed by atoms with Crippen molar-refractivity contribution >= 4 is 29.9 Å². The highest BCUT2D eigenvalue weighted by atomic mass is 35.5. The van der Waals surface area contributed by atoms with Crippen LogP contribution in [0.25, 0.3) is 0 Å². The molecule has 30 heavy (non-hydrogen) atoms. The maximum absolute atomic E-state index is 12.6. The number of carbonyl (C=O) groups excluding carboxylic acids is 2. The van der Waals surface area contributed by atoms with Gasteiger partial charge in [0.25, 0.3) is 5.91 Å². The van der Waals surface area contributed by atoms with Gasteiger partial charge in [0.05, 0.1) is 6.04 Å². The second-order valence-electron chi connectivity index (χ2n) is 8.41. The number of hydrogen-bond donors (Lipinski definition) is 3. The van der Waals surface area contributed by atoms with Crippen molar-refractivity contribution in [1.29, 1.82) is 0 Å². The first-order chi connectivity index (χ1) is 14.1. The minimum Gasteiger partial charge on any atom is -0.350 e. The second-order valence-corrected chi connectivity index (χ2v) is 8.41. The van der Waals surface area contributed by atoms with Gasteiger partial charge in [-0.2, -0.15) is 0 Å². The van der Waals surface area contributed by atoms with Gasteiger partial charge in [0, 0.05) is 29.8 Å². The summed E-state index contributed by atoms with van der Waals surface area (Å²) >= 11 is 0. The van der Waals surface area contributed by atoms with E-state index in [-0.39, 0.29) is 30.3 Å². The minimum atomic E-state index is -0.139. The molecule has 160 valence electrons. The van der Waals surface area contributed by atoms with E-state index in [4.69, 9.17) is 0 Å². The van der Waals surface area contributed by atoms with Crippen LogP contribution in [0.2, 0.25) is 0 Å². The van der Waals surface area contributed by atoms with E-state index in [0.29, 0.717) is 30.0 Å². The lowest BCUT2D eigenvalue weighted by Crippen LogP contribution is -2.40. The smallest absolute Gasteiger partial charge is 0.255 e. The highest BCUT2D eigenvalue weighted by Gasteiger charge is 2.34. The molecule has 0 saturated carbocycles. The van der Waals surface area contributed by atoms with Gasteiger partial charge in [-0.15, -0.1) is 12.4 Å². The first kappa shape index (κ1) is 22.3. The van der Waals surface area contributed by atoms with Crippen molar-refractivity contribution in [1.82, 2.24) is 10.6 Å². The number of hydrogen-bond acceptors (Lipinski definition) is 3. The normalized spacial score (nSPS) is 23.2. The van der Waals surface area contributed by atoms with Crippen molar-refractivity contribution in [3.63, 3.8) is 0 Å². The van der Waals surface area contributed by atoms with E-state index in [1.54, 1.807) is 12.1 Å². The van der Waals surface area contributed by atoms with Crippen LogP contribution in [0.15, 0.2) is 54.6 Å². The Morgan fingerprint density at radius 1 is 1.03 bits per heavy atom. The number of amides is 2. The summed E-state index contributed by atoms with van der Waals surface area (Å²) in [4.78, 5) is 24.9. The van der Waals surface area contributed by atoms with Crippen molar-refractivity contribution in [2.24, 2.45) is 5.92 Å². The molecule has 2 bridgehead atoms. The van der Waals surface area contributed by atoms with Gasteiger partial charge < -0.3 is 16.0 Å². The van der Waals surface area contributed by atoms with Gasteiger partial charge in [-0.3, -0.25) is 9.59 Å². The van der Waals surface area contributed by atoms with Crippen molar-refractivity contribution < 1.29 is 9.59 Å². The molecule has 2 heterocycles. The third-order valence-electron chi connectivity index (χ3n) is 6.10. The van der Waals surface area contributed by atoms with Crippen molar-refractivity contribution in [3.05, 3.63) is 65.7 Å². The molecule has 2 amide bonds. The Hall–Kier alpha value is -2.37. The van der Waals surface area contributed by atoms with E-state index >= 15 is 0 Å². The van der Waals surface area contributed by atoms with Gasteiger partial charge in [-0.05, 0) is 68.4 Å². The fourth-order valence-electron chi connectivity index (χ4n) is 4.67. The number of nitrogens with one attached hydrogen (secondary N) is 3. The summed E-state index contributed by atoms with van der Waals surface area (Å²) in [6.07, 6.45) is 5.32. The summed E-state index contributed by atoms with van der Waals surface area (Å²) in [5.74, 6) is 0.458. The second kappa shape index (κ2) is 10.1. The largest absolute Gasteiger partial charge is 0.350 e. The fourth-order valence-corrected chi connectivity index (χ4v) is 4.67. The van der Waals surface area contributed by atoms with Crippen LogP contribution in [-0.2, 0) is 4.79 Å². The first-order valence-electron chi connectivity index (χ1n) is 10.6. The predicted octanol–water partition coefficient (Wildman–Crippen LogP) is 4.46. The van der Waals surface area contributed by atoms with Crippen LogP contribution in [0.3, 0.4) is 0 Å². The van der Waals surface area contributed by atoms with Crippen molar-refractivity contribution in [3.8, 4) is 0 Å². The Bertz CT molecular complexity index is 862. The number of halogens is 1. The molecule has 0 aliphatic carbocycles. The monoisotopic (exact) mass is 427 g/mol. The van der Waals surface area contributed by atoms with E-state index in [1.165, 1.54) is 12.8 Å². The van der Waals surface area contributed by atoms with E-state index < -0.39 is 0 Å². The summed E-state index contributed by atoms with van der Waals surface area (Å²) in [5.41, 5.74) is 2.33. The SMILES string of the molecule is CC(NC(=O)CC1CC2CCC(C1)N2)c1cccc(NC(=O)c2ccccc2)c1.Cl. The number of rotatable bonds is 6. The third kappa shape index (κ3) is 5.61. The maximum atomic E-state index is 12.6. The average Bonchev–Trinajstić information content (AvgIpc) is 3.06. The molecule has 2 fully saturated rings. The van der Waals surface area contributed by atoms with Gasteiger partial charge in [-0.1, -0.05) is 30.3 Å². The summed E-state index contributed by atoms with van der Waals surface area (Å²) in [5, 5.41) is 9.69. The zero-order valence-electron chi connectivity index (χ0n) is 17.3. The maximum Gasteiger partial charge on any atom is 0.255 e. The summed E-state index contributed by atoms with van der Waals surface area (Å²) in [6, 6.07) is 17.9. The van der Waals surface area contributed by atoms with Crippen molar-refractivity contribution in [2.75, 3.05) is 5.32 Å². The Labute approximate surface area is 184 Å². The molecule has 3 unspecified atom stereocenters. The van der Waals surface area contributed by atoms with Gasteiger partial charge in [0.15, 0.2) is 0 Å². The summed E-state index contributed by atoms with van der Waals surface area (Å²) in [7, 11) is 0. The van der Waals surface area contributed by atoms with Crippen LogP contribution in [0.4, 0.5) is 5.69 Å². The molecule has 0 radical (unpaired) electrons. The molecule has 3 atom stereocenters. The zero-order chi connectivity index (χ0) is 20.2.